The van der Waals surface area contributed by atoms with E-state index in [9.17, 15) is 35.7 Å². The van der Waals surface area contributed by atoms with Gasteiger partial charge >= 0.3 is 0 Å². The Hall–Kier alpha value is -1.40. The summed E-state index contributed by atoms with van der Waals surface area (Å²) in [6.45, 7) is -1.59. The molecule has 0 aliphatic carbocycles. The Bertz CT molecular complexity index is 1680. The average Bonchev–Trinajstić information content (AvgIpc) is 0.842. The maximum atomic E-state index is 12.3. The first-order valence-corrected chi connectivity index (χ1v) is 30.0. The standard InChI is InChI=1S/C56H98O35/c1-64-15-22-36-29(57)43(71-8)50(78-22)86-37-23(16-65-2)80-52(45(73-10)30(37)58)88-39-25(18-67-4)82-54(47(75-12)32(39)60)90-41-27(20-69-6)84-56(49(77-14)34(41)62)91-42-28(21-70-7)83-55(48(76-13)35(42)63)89-40-26(19-68-5)81-53(46(74-11)33(40)61)87-38-24(17-66-3)79-51(85-36)44(72-9)31(38)59/h22-63H,15-21H2,1-14H3/t22-,23-,24-,25-,26-,27-,28-,29-,30+,31+,32+,33+,34+,35+,36-,37-,38-,39-,40-,41-,42-,43?,44?,45?,46?,47?,48?,49?,50?,51?,52?,53?,54?,55?,56?/m0/s1. The molecular weight excluding hydrogens is 1230 g/mol. The number of hydrogen-bond acceptors (Lipinski definition) is 35. The van der Waals surface area contributed by atoms with Gasteiger partial charge in [0.2, 0.25) is 0 Å². The molecular formula is C56H98O35. The van der Waals surface area contributed by atoms with Gasteiger partial charge in [-0.3, -0.25) is 0 Å². The van der Waals surface area contributed by atoms with Crippen LogP contribution in [-0.2, 0) is 133 Å². The molecule has 0 radical (unpaired) electrons. The SMILES string of the molecule is COC[C@@H]1OC2O[C@H]3[C@H](COC)OC(O[C@H]4[C@H](COC)OC(O[C@H]5[C@H](COC)OC(O[C@H]6[C@H](COC)OC(O[C@H]7[C@H](COC)OC(O[C@H]8[C@H](COC)OC(O[C@@H]1[C@H](O)C2OC)C(OC)[C@@H]8O)C(OC)[C@@H]7O)C(OC)[C@@H]6O)C(OC)[C@@H]5O)C(OC)[C@@H]4O)C(OC)[C@@H]3O. The minimum Gasteiger partial charge on any atom is -0.387 e. The predicted molar refractivity (Wildman–Crippen MR) is 295 cm³/mol. The molecule has 14 bridgehead atoms. The highest BCUT2D eigenvalue weighted by molar-refractivity contribution is 5.03. The number of hydrogen-bond donors (Lipinski definition) is 7. The molecule has 0 amide bonds. The van der Waals surface area contributed by atoms with Crippen molar-refractivity contribution in [2.24, 2.45) is 0 Å². The summed E-state index contributed by atoms with van der Waals surface area (Å²) in [5.41, 5.74) is 0. The van der Waals surface area contributed by atoms with Gasteiger partial charge in [-0.15, -0.1) is 0 Å². The molecule has 35 heteroatoms. The Morgan fingerprint density at radius 3 is 0.385 bits per heavy atom. The van der Waals surface area contributed by atoms with Gasteiger partial charge in [-0.2, -0.15) is 0 Å². The van der Waals surface area contributed by atoms with Crippen molar-refractivity contribution in [3.05, 3.63) is 0 Å². The second-order valence-corrected chi connectivity index (χ2v) is 23.0. The van der Waals surface area contributed by atoms with E-state index < -0.39 is 215 Å². The van der Waals surface area contributed by atoms with Crippen LogP contribution in [0.3, 0.4) is 0 Å². The van der Waals surface area contributed by atoms with Crippen LogP contribution in [0, 0.1) is 0 Å². The van der Waals surface area contributed by atoms with Crippen LogP contribution in [0.15, 0.2) is 0 Å². The fourth-order valence-electron chi connectivity index (χ4n) is 13.1. The number of ether oxygens (including phenoxy) is 28. The average molecular weight is 1330 g/mol. The molecule has 21 heterocycles. The van der Waals surface area contributed by atoms with Crippen LogP contribution in [0.5, 0.6) is 0 Å². The third-order valence-electron chi connectivity index (χ3n) is 17.6. The van der Waals surface area contributed by atoms with Gasteiger partial charge in [-0.25, -0.2) is 0 Å². The van der Waals surface area contributed by atoms with Crippen LogP contribution in [0.4, 0.5) is 0 Å². The van der Waals surface area contributed by atoms with Gasteiger partial charge in [0, 0.05) is 99.5 Å². The van der Waals surface area contributed by atoms with Gasteiger partial charge in [-0.1, -0.05) is 0 Å². The van der Waals surface area contributed by atoms with Crippen molar-refractivity contribution >= 4 is 0 Å². The lowest BCUT2D eigenvalue weighted by Gasteiger charge is -2.51. The summed E-state index contributed by atoms with van der Waals surface area (Å²) in [6.07, 6.45) is -49.4. The monoisotopic (exact) mass is 1330 g/mol. The molecule has 0 saturated carbocycles. The maximum absolute atomic E-state index is 12.3. The van der Waals surface area contributed by atoms with Crippen LogP contribution in [0.25, 0.3) is 0 Å². The van der Waals surface area contributed by atoms with Crippen LogP contribution in [-0.4, -0.2) is 396 Å². The molecule has 0 aromatic carbocycles. The second kappa shape index (κ2) is 35.4. The Morgan fingerprint density at radius 2 is 0.297 bits per heavy atom. The molecule has 0 aromatic heterocycles. The van der Waals surface area contributed by atoms with Crippen LogP contribution in [0.1, 0.15) is 0 Å². The fourth-order valence-corrected chi connectivity index (χ4v) is 13.1. The first-order chi connectivity index (χ1) is 43.9. The third-order valence-corrected chi connectivity index (χ3v) is 17.6. The molecule has 0 spiro atoms. The summed E-state index contributed by atoms with van der Waals surface area (Å²) in [5, 5.41) is 86.2. The van der Waals surface area contributed by atoms with Crippen molar-refractivity contribution < 1.29 is 168 Å². The topological polar surface area (TPSA) is 400 Å². The molecule has 21 aliphatic heterocycles. The third kappa shape index (κ3) is 16.3. The predicted octanol–water partition coefficient (Wildman–Crippen LogP) is -6.07. The van der Waals surface area contributed by atoms with Crippen molar-refractivity contribution in [3.63, 3.8) is 0 Å². The van der Waals surface area contributed by atoms with Gasteiger partial charge in [0.15, 0.2) is 44.0 Å². The summed E-state index contributed by atoms with van der Waals surface area (Å²) in [6, 6.07) is 0. The van der Waals surface area contributed by atoms with Crippen molar-refractivity contribution in [2.45, 2.75) is 215 Å². The van der Waals surface area contributed by atoms with E-state index in [-0.39, 0.29) is 46.2 Å². The zero-order chi connectivity index (χ0) is 66.0. The largest absolute Gasteiger partial charge is 0.387 e. The lowest BCUT2D eigenvalue weighted by molar-refractivity contribution is -0.400. The summed E-state index contributed by atoms with van der Waals surface area (Å²) < 4.78 is 171. The highest BCUT2D eigenvalue weighted by atomic mass is 16.8. The summed E-state index contributed by atoms with van der Waals surface area (Å²) in [7, 11) is 18.7. The molecule has 21 aliphatic rings. The van der Waals surface area contributed by atoms with Crippen molar-refractivity contribution in [1.82, 2.24) is 0 Å². The van der Waals surface area contributed by atoms with E-state index in [4.69, 9.17) is 133 Å². The first-order valence-electron chi connectivity index (χ1n) is 30.0. The minimum atomic E-state index is -1.62. The number of methoxy groups -OCH3 is 14. The summed E-state index contributed by atoms with van der Waals surface area (Å²) in [5.74, 6) is 0. The van der Waals surface area contributed by atoms with Crippen LogP contribution in [0.2, 0.25) is 0 Å². The lowest BCUT2D eigenvalue weighted by Crippen LogP contribution is -2.69. The van der Waals surface area contributed by atoms with Gasteiger partial charge in [0.25, 0.3) is 0 Å². The molecule has 0 aromatic rings. The van der Waals surface area contributed by atoms with Gasteiger partial charge in [-0.05, 0) is 0 Å². The lowest BCUT2D eigenvalue weighted by atomic mass is 9.95. The summed E-state index contributed by atoms with van der Waals surface area (Å²) >= 11 is 0. The Kier molecular flexibility index (Phi) is 29.3. The van der Waals surface area contributed by atoms with Crippen molar-refractivity contribution in [2.75, 3.05) is 146 Å². The quantitative estimate of drug-likeness (QED) is 0.0562. The zero-order valence-corrected chi connectivity index (χ0v) is 53.7. The minimum absolute atomic E-state index is 0.227. The number of aliphatic hydroxyl groups is 7. The van der Waals surface area contributed by atoms with E-state index in [1.165, 1.54) is 99.5 Å². The molecule has 21 saturated heterocycles. The normalized spacial score (nSPS) is 48.7. The fraction of sp³-hybridized carbons (Fsp3) is 1.00. The molecule has 35 nitrogen and oxygen atoms in total. The van der Waals surface area contributed by atoms with Gasteiger partial charge in [0.1, 0.15) is 171 Å². The molecule has 91 heavy (non-hydrogen) atoms. The van der Waals surface area contributed by atoms with Gasteiger partial charge in [0.05, 0.1) is 46.2 Å². The highest BCUT2D eigenvalue weighted by Crippen LogP contribution is 2.41. The van der Waals surface area contributed by atoms with Crippen LogP contribution < -0.4 is 0 Å². The number of aliphatic hydroxyl groups excluding tert-OH is 7. The van der Waals surface area contributed by atoms with E-state index >= 15 is 0 Å². The van der Waals surface area contributed by atoms with E-state index in [1.807, 2.05) is 0 Å². The van der Waals surface area contributed by atoms with E-state index in [2.05, 4.69) is 0 Å². The van der Waals surface area contributed by atoms with E-state index in [1.54, 1.807) is 0 Å². The Labute approximate surface area is 528 Å². The molecule has 35 atom stereocenters. The van der Waals surface area contributed by atoms with Crippen molar-refractivity contribution in [1.29, 1.82) is 0 Å². The highest BCUT2D eigenvalue weighted by Gasteiger charge is 2.61. The van der Waals surface area contributed by atoms with E-state index in [0.717, 1.165) is 0 Å². The first kappa shape index (κ1) is 75.4. The van der Waals surface area contributed by atoms with Gasteiger partial charge < -0.3 is 168 Å². The number of rotatable bonds is 21. The Morgan fingerprint density at radius 1 is 0.187 bits per heavy atom. The maximum Gasteiger partial charge on any atom is 0.187 e. The molecule has 7 N–H and O–H groups in total. The molecule has 21 fully saturated rings. The van der Waals surface area contributed by atoms with Crippen molar-refractivity contribution in [3.8, 4) is 0 Å². The zero-order valence-electron chi connectivity index (χ0n) is 53.7. The smallest absolute Gasteiger partial charge is 0.187 e. The molecule has 14 unspecified atom stereocenters. The van der Waals surface area contributed by atoms with Crippen LogP contribution >= 0.6 is 0 Å². The molecule has 532 valence electrons. The second-order valence-electron chi connectivity index (χ2n) is 23.0. The van der Waals surface area contributed by atoms with E-state index in [0.29, 0.717) is 0 Å². The summed E-state index contributed by atoms with van der Waals surface area (Å²) in [4.78, 5) is 0. The molecule has 21 rings (SSSR count). The Balaban J connectivity index is 1.17.